The van der Waals surface area contributed by atoms with Crippen molar-refractivity contribution in [3.05, 3.63) is 0 Å². The molecule has 15 heavy (non-hydrogen) atoms. The van der Waals surface area contributed by atoms with Crippen molar-refractivity contribution in [1.29, 1.82) is 0 Å². The van der Waals surface area contributed by atoms with Gasteiger partial charge in [0.25, 0.3) is 0 Å². The third-order valence-electron chi connectivity index (χ3n) is 0. The summed E-state index contributed by atoms with van der Waals surface area (Å²) in [4.78, 5) is 24.7. The summed E-state index contributed by atoms with van der Waals surface area (Å²) in [5.41, 5.74) is 0. The molecule has 0 saturated carbocycles. The molecule has 0 bridgehead atoms. The van der Waals surface area contributed by atoms with Crippen molar-refractivity contribution >= 4 is 18.7 Å². The predicted molar refractivity (Wildman–Crippen MR) is 19.5 cm³/mol. The molecule has 0 aromatic heterocycles. The Labute approximate surface area is 118 Å². The molecule has 0 atom stereocenters. The van der Waals surface area contributed by atoms with Gasteiger partial charge in [0.15, 0.2) is 0 Å². The monoisotopic (exact) mass is 210 g/mol. The van der Waals surface area contributed by atoms with E-state index < -0.39 is 18.7 Å². The van der Waals surface area contributed by atoms with E-state index in [4.69, 9.17) is 29.7 Å². The number of halogens is 3. The summed E-state index contributed by atoms with van der Waals surface area (Å²) in [6.45, 7) is 0. The van der Waals surface area contributed by atoms with Crippen LogP contribution in [0.5, 0.6) is 0 Å². The Morgan fingerprint density at radius 2 is 0.600 bits per heavy atom. The molecule has 0 radical (unpaired) electrons. The van der Waals surface area contributed by atoms with Crippen LogP contribution in [-0.2, 0) is 0 Å². The molecule has 0 saturated heterocycles. The first-order chi connectivity index (χ1) is 5.20. The Balaban J connectivity index is -0.0000000184. The predicted octanol–water partition coefficient (Wildman–Crippen LogP) is -11.1. The topological polar surface area (TPSA) is 120 Å². The van der Waals surface area contributed by atoms with Gasteiger partial charge >= 0.3 is 56.6 Å². The first-order valence-electron chi connectivity index (χ1n) is 1.79. The molecule has 0 aliphatic heterocycles. The zero-order valence-corrected chi connectivity index (χ0v) is 8.08. The van der Waals surface area contributed by atoms with E-state index in [1.807, 2.05) is 0 Å². The van der Waals surface area contributed by atoms with Gasteiger partial charge in [0.2, 0.25) is 18.7 Å². The maximum atomic E-state index is 9.81. The molecule has 0 aliphatic carbocycles. The molecule has 0 heterocycles. The van der Waals surface area contributed by atoms with E-state index >= 15 is 0 Å². The standard InChI is InChI=1S/3CHFO2.3Li/c3*2-1(3)4;;;/h3*(H,3,4);;;/q;;;3*+1/p-3. The first-order valence-corrected chi connectivity index (χ1v) is 1.79. The molecule has 72 valence electrons. The molecule has 0 spiro atoms. The van der Waals surface area contributed by atoms with Crippen LogP contribution in [0.25, 0.3) is 0 Å². The van der Waals surface area contributed by atoms with Gasteiger partial charge in [-0.1, -0.05) is 0 Å². The minimum Gasteiger partial charge on any atom is -0.520 e. The minimum atomic E-state index is -2.58. The second-order valence-electron chi connectivity index (χ2n) is 0.713. The van der Waals surface area contributed by atoms with Gasteiger partial charge in [-0.25, -0.2) is 0 Å². The Morgan fingerprint density at radius 1 is 0.600 bits per heavy atom. The van der Waals surface area contributed by atoms with Crippen molar-refractivity contribution in [2.45, 2.75) is 0 Å². The average molecular weight is 210 g/mol. The maximum Gasteiger partial charge on any atom is 1.00 e. The molecule has 0 unspecified atom stereocenters. The van der Waals surface area contributed by atoms with Crippen molar-refractivity contribution in [3.63, 3.8) is 0 Å². The van der Waals surface area contributed by atoms with Crippen molar-refractivity contribution in [3.8, 4) is 0 Å². The quantitative estimate of drug-likeness (QED) is 0.289. The summed E-state index contributed by atoms with van der Waals surface area (Å²) >= 11 is 0. The molecule has 0 amide bonds. The molecule has 0 aliphatic rings. The van der Waals surface area contributed by atoms with E-state index in [0.717, 1.165) is 0 Å². The first kappa shape index (κ1) is 36.3. The van der Waals surface area contributed by atoms with Gasteiger partial charge in [-0.05, 0) is 0 Å². The normalized spacial score (nSPS) is 5.00. The summed E-state index contributed by atoms with van der Waals surface area (Å²) < 4.78 is 29.4. The molecule has 12 heteroatoms. The Kier molecular flexibility index (Phi) is 70.7. The maximum absolute atomic E-state index is 9.81. The van der Waals surface area contributed by atoms with E-state index in [1.165, 1.54) is 0 Å². The fourth-order valence-corrected chi connectivity index (χ4v) is 0. The van der Waals surface area contributed by atoms with Crippen LogP contribution >= 0.6 is 0 Å². The summed E-state index contributed by atoms with van der Waals surface area (Å²) in [7, 11) is 0. The molecular weight excluding hydrogens is 210 g/mol. The molecular formula is C3F3Li3O6. The Hall–Kier alpha value is -0.00779. The second kappa shape index (κ2) is 29.2. The number of rotatable bonds is 0. The van der Waals surface area contributed by atoms with E-state index in [9.17, 15) is 13.2 Å². The van der Waals surface area contributed by atoms with Crippen LogP contribution < -0.4 is 71.9 Å². The number of carboxylic acid groups (broad SMARTS) is 3. The van der Waals surface area contributed by atoms with Gasteiger partial charge in [0.1, 0.15) is 0 Å². The molecule has 0 aromatic rings. The van der Waals surface area contributed by atoms with Crippen LogP contribution in [0.1, 0.15) is 0 Å². The van der Waals surface area contributed by atoms with Crippen LogP contribution in [-0.4, -0.2) is 18.7 Å². The van der Waals surface area contributed by atoms with Crippen molar-refractivity contribution in [1.82, 2.24) is 0 Å². The minimum absolute atomic E-state index is 0. The van der Waals surface area contributed by atoms with Gasteiger partial charge in [0.05, 0.1) is 0 Å². The van der Waals surface area contributed by atoms with E-state index in [2.05, 4.69) is 0 Å². The van der Waals surface area contributed by atoms with Crippen LogP contribution in [0.2, 0.25) is 0 Å². The fraction of sp³-hybridized carbons (Fsp3) is 0. The van der Waals surface area contributed by atoms with E-state index in [-0.39, 0.29) is 56.6 Å². The second-order valence-corrected chi connectivity index (χ2v) is 0.713. The van der Waals surface area contributed by atoms with Crippen molar-refractivity contribution in [2.75, 3.05) is 0 Å². The van der Waals surface area contributed by atoms with Gasteiger partial charge < -0.3 is 29.7 Å². The third kappa shape index (κ3) is 33100000. The van der Waals surface area contributed by atoms with Gasteiger partial charge in [-0.15, -0.1) is 0 Å². The average Bonchev–Trinajstić information content (AvgIpc) is 1.54. The molecule has 0 fully saturated rings. The molecule has 6 nitrogen and oxygen atoms in total. The van der Waals surface area contributed by atoms with Crippen LogP contribution in [0.3, 0.4) is 0 Å². The third-order valence-corrected chi connectivity index (χ3v) is 0. The number of hydrogen-bond donors (Lipinski definition) is 0. The zero-order valence-electron chi connectivity index (χ0n) is 8.08. The van der Waals surface area contributed by atoms with Crippen LogP contribution in [0, 0.1) is 0 Å². The fourth-order valence-electron chi connectivity index (χ4n) is 0. The van der Waals surface area contributed by atoms with Crippen LogP contribution in [0.15, 0.2) is 0 Å². The number of carbonyl (C=O) groups is 3. The SMILES string of the molecule is O=C([O-])F.O=C([O-])F.O=C([O-])F.[Li+].[Li+].[Li+]. The summed E-state index contributed by atoms with van der Waals surface area (Å²) in [6, 6.07) is 0. The van der Waals surface area contributed by atoms with Gasteiger partial charge in [0, 0.05) is 0 Å². The number of hydrogen-bond acceptors (Lipinski definition) is 6. The van der Waals surface area contributed by atoms with Crippen LogP contribution in [0.4, 0.5) is 27.6 Å². The number of carbonyl (C=O) groups excluding carboxylic acids is 3. The summed E-state index contributed by atoms with van der Waals surface area (Å²) in [5, 5.41) is 24.7. The molecule has 0 aromatic carbocycles. The van der Waals surface area contributed by atoms with E-state index in [0.29, 0.717) is 0 Å². The molecule has 0 N–H and O–H groups in total. The van der Waals surface area contributed by atoms with E-state index in [1.54, 1.807) is 0 Å². The Bertz CT molecular complexity index is 126. The summed E-state index contributed by atoms with van der Waals surface area (Å²) in [5.74, 6) is 0. The summed E-state index contributed by atoms with van der Waals surface area (Å²) in [6.07, 6.45) is -7.75. The zero-order chi connectivity index (χ0) is 10.7. The van der Waals surface area contributed by atoms with Crippen molar-refractivity contribution in [2.24, 2.45) is 0 Å². The molecule has 0 rings (SSSR count). The van der Waals surface area contributed by atoms with Gasteiger partial charge in [-0.3, -0.25) is 0 Å². The van der Waals surface area contributed by atoms with Crippen molar-refractivity contribution < 1.29 is 99.5 Å². The smallest absolute Gasteiger partial charge is 0.520 e. The van der Waals surface area contributed by atoms with Gasteiger partial charge in [-0.2, -0.15) is 13.2 Å². The Morgan fingerprint density at radius 3 is 0.600 bits per heavy atom. The largest absolute Gasteiger partial charge is 1.00 e.